The number of hydrogen-bond donors (Lipinski definition) is 1. The SMILES string of the molecule is Cc1ccc(C(=O)NCc2cccnc2N2CCN(C)CC2)cc1. The molecule has 2 heterocycles. The highest BCUT2D eigenvalue weighted by molar-refractivity contribution is 5.94. The summed E-state index contributed by atoms with van der Waals surface area (Å²) in [6.45, 7) is 6.50. The van der Waals surface area contributed by atoms with Crippen molar-refractivity contribution in [2.45, 2.75) is 13.5 Å². The number of aromatic nitrogens is 1. The van der Waals surface area contributed by atoms with E-state index in [2.05, 4.69) is 27.1 Å². The lowest BCUT2D eigenvalue weighted by atomic mass is 10.1. The topological polar surface area (TPSA) is 48.5 Å². The number of aryl methyl sites for hydroxylation is 1. The quantitative estimate of drug-likeness (QED) is 0.935. The Hall–Kier alpha value is -2.40. The van der Waals surface area contributed by atoms with Crippen molar-refractivity contribution in [2.24, 2.45) is 0 Å². The number of hydrogen-bond acceptors (Lipinski definition) is 4. The van der Waals surface area contributed by atoms with Crippen LogP contribution in [-0.2, 0) is 6.54 Å². The van der Waals surface area contributed by atoms with E-state index < -0.39 is 0 Å². The highest BCUT2D eigenvalue weighted by Crippen LogP contribution is 2.18. The molecule has 126 valence electrons. The van der Waals surface area contributed by atoms with Gasteiger partial charge in [0, 0.05) is 50.0 Å². The van der Waals surface area contributed by atoms with E-state index in [0.29, 0.717) is 12.1 Å². The summed E-state index contributed by atoms with van der Waals surface area (Å²) in [5.41, 5.74) is 2.89. The fourth-order valence-corrected chi connectivity index (χ4v) is 2.85. The van der Waals surface area contributed by atoms with Gasteiger partial charge in [-0.05, 0) is 32.2 Å². The first kappa shape index (κ1) is 16.5. The second kappa shape index (κ2) is 7.45. The lowest BCUT2D eigenvalue weighted by molar-refractivity contribution is 0.0951. The molecule has 24 heavy (non-hydrogen) atoms. The minimum Gasteiger partial charge on any atom is -0.354 e. The molecule has 3 rings (SSSR count). The summed E-state index contributed by atoms with van der Waals surface area (Å²) in [5.74, 6) is 0.929. The van der Waals surface area contributed by atoms with Crippen molar-refractivity contribution < 1.29 is 4.79 Å². The standard InChI is InChI=1S/C19H24N4O/c1-15-5-7-16(8-6-15)19(24)21-14-17-4-3-9-20-18(17)23-12-10-22(2)11-13-23/h3-9H,10-14H2,1-2H3,(H,21,24). The molecular formula is C19H24N4O. The van der Waals surface area contributed by atoms with Crippen molar-refractivity contribution in [2.75, 3.05) is 38.1 Å². The maximum Gasteiger partial charge on any atom is 0.251 e. The zero-order chi connectivity index (χ0) is 16.9. The molecule has 5 nitrogen and oxygen atoms in total. The van der Waals surface area contributed by atoms with E-state index in [4.69, 9.17) is 0 Å². The fraction of sp³-hybridized carbons (Fsp3) is 0.368. The predicted molar refractivity (Wildman–Crippen MR) is 96.3 cm³/mol. The number of rotatable bonds is 4. The van der Waals surface area contributed by atoms with E-state index in [-0.39, 0.29) is 5.91 Å². The number of amides is 1. The highest BCUT2D eigenvalue weighted by atomic mass is 16.1. The maximum atomic E-state index is 12.3. The maximum absolute atomic E-state index is 12.3. The number of benzene rings is 1. The van der Waals surface area contributed by atoms with Gasteiger partial charge in [-0.25, -0.2) is 4.98 Å². The number of likely N-dealkylation sites (N-methyl/N-ethyl adjacent to an activating group) is 1. The molecule has 1 amide bonds. The lowest BCUT2D eigenvalue weighted by Crippen LogP contribution is -2.45. The number of carbonyl (C=O) groups is 1. The molecule has 1 saturated heterocycles. The molecular weight excluding hydrogens is 300 g/mol. The number of nitrogens with one attached hydrogen (secondary N) is 1. The molecule has 1 aromatic carbocycles. The van der Waals surface area contributed by atoms with E-state index in [1.807, 2.05) is 49.5 Å². The van der Waals surface area contributed by atoms with Gasteiger partial charge in [0.25, 0.3) is 5.91 Å². The van der Waals surface area contributed by atoms with Gasteiger partial charge >= 0.3 is 0 Å². The fourth-order valence-electron chi connectivity index (χ4n) is 2.85. The Morgan fingerprint density at radius 2 is 1.83 bits per heavy atom. The van der Waals surface area contributed by atoms with Crippen LogP contribution in [0.3, 0.4) is 0 Å². The normalized spacial score (nSPS) is 15.3. The number of piperazine rings is 1. The molecule has 1 aromatic heterocycles. The lowest BCUT2D eigenvalue weighted by Gasteiger charge is -2.34. The van der Waals surface area contributed by atoms with E-state index >= 15 is 0 Å². The van der Waals surface area contributed by atoms with Gasteiger partial charge in [-0.1, -0.05) is 23.8 Å². The van der Waals surface area contributed by atoms with E-state index in [9.17, 15) is 4.79 Å². The van der Waals surface area contributed by atoms with Gasteiger partial charge in [0.05, 0.1) is 0 Å². The van der Waals surface area contributed by atoms with Crippen molar-refractivity contribution in [3.63, 3.8) is 0 Å². The van der Waals surface area contributed by atoms with Crippen LogP contribution in [0.25, 0.3) is 0 Å². The van der Waals surface area contributed by atoms with Crippen molar-refractivity contribution in [1.82, 2.24) is 15.2 Å². The first-order valence-electron chi connectivity index (χ1n) is 8.36. The summed E-state index contributed by atoms with van der Waals surface area (Å²) < 4.78 is 0. The Morgan fingerprint density at radius 1 is 1.12 bits per heavy atom. The van der Waals surface area contributed by atoms with Crippen molar-refractivity contribution in [3.05, 3.63) is 59.3 Å². The Labute approximate surface area is 143 Å². The molecule has 0 atom stereocenters. The highest BCUT2D eigenvalue weighted by Gasteiger charge is 2.18. The van der Waals surface area contributed by atoms with Crippen molar-refractivity contribution >= 4 is 11.7 Å². The number of nitrogens with zero attached hydrogens (tertiary/aromatic N) is 3. The number of pyridine rings is 1. The van der Waals surface area contributed by atoms with Crippen LogP contribution in [0, 0.1) is 6.92 Å². The molecule has 5 heteroatoms. The van der Waals surface area contributed by atoms with Gasteiger partial charge < -0.3 is 15.1 Å². The summed E-state index contributed by atoms with van der Waals surface area (Å²) in [4.78, 5) is 21.5. The van der Waals surface area contributed by atoms with Crippen LogP contribution >= 0.6 is 0 Å². The second-order valence-electron chi connectivity index (χ2n) is 6.33. The summed E-state index contributed by atoms with van der Waals surface area (Å²) in [5, 5.41) is 3.01. The Kier molecular flexibility index (Phi) is 5.11. The van der Waals surface area contributed by atoms with Crippen molar-refractivity contribution in [1.29, 1.82) is 0 Å². The Balaban J connectivity index is 1.67. The largest absolute Gasteiger partial charge is 0.354 e. The smallest absolute Gasteiger partial charge is 0.251 e. The number of anilines is 1. The summed E-state index contributed by atoms with van der Waals surface area (Å²) >= 11 is 0. The molecule has 1 fully saturated rings. The predicted octanol–water partition coefficient (Wildman–Crippen LogP) is 2.07. The average Bonchev–Trinajstić information content (AvgIpc) is 2.61. The molecule has 0 bridgehead atoms. The minimum atomic E-state index is -0.0526. The summed E-state index contributed by atoms with van der Waals surface area (Å²) in [6, 6.07) is 11.6. The molecule has 0 spiro atoms. The molecule has 1 N–H and O–H groups in total. The number of carbonyl (C=O) groups excluding carboxylic acids is 1. The van der Waals surface area contributed by atoms with Crippen LogP contribution in [0.5, 0.6) is 0 Å². The van der Waals surface area contributed by atoms with Gasteiger partial charge in [0.2, 0.25) is 0 Å². The van der Waals surface area contributed by atoms with E-state index in [1.54, 1.807) is 0 Å². The van der Waals surface area contributed by atoms with Crippen LogP contribution in [0.2, 0.25) is 0 Å². The second-order valence-corrected chi connectivity index (χ2v) is 6.33. The Morgan fingerprint density at radius 3 is 2.54 bits per heavy atom. The zero-order valence-electron chi connectivity index (χ0n) is 14.3. The molecule has 2 aromatic rings. The van der Waals surface area contributed by atoms with E-state index in [0.717, 1.165) is 43.1 Å². The van der Waals surface area contributed by atoms with Gasteiger partial charge in [0.15, 0.2) is 0 Å². The van der Waals surface area contributed by atoms with Gasteiger partial charge in [-0.2, -0.15) is 0 Å². The molecule has 1 aliphatic heterocycles. The van der Waals surface area contributed by atoms with Crippen LogP contribution in [0.15, 0.2) is 42.6 Å². The van der Waals surface area contributed by atoms with Crippen LogP contribution in [0.4, 0.5) is 5.82 Å². The molecule has 0 aliphatic carbocycles. The first-order chi connectivity index (χ1) is 11.6. The van der Waals surface area contributed by atoms with Crippen LogP contribution in [0.1, 0.15) is 21.5 Å². The van der Waals surface area contributed by atoms with Gasteiger partial charge in [-0.3, -0.25) is 4.79 Å². The van der Waals surface area contributed by atoms with Crippen molar-refractivity contribution in [3.8, 4) is 0 Å². The van der Waals surface area contributed by atoms with Gasteiger partial charge in [0.1, 0.15) is 5.82 Å². The monoisotopic (exact) mass is 324 g/mol. The zero-order valence-corrected chi connectivity index (χ0v) is 14.3. The van der Waals surface area contributed by atoms with Gasteiger partial charge in [-0.15, -0.1) is 0 Å². The third-order valence-corrected chi connectivity index (χ3v) is 4.42. The Bertz CT molecular complexity index is 691. The minimum absolute atomic E-state index is 0.0526. The first-order valence-corrected chi connectivity index (χ1v) is 8.36. The third-order valence-electron chi connectivity index (χ3n) is 4.42. The summed E-state index contributed by atoms with van der Waals surface area (Å²) in [6.07, 6.45) is 1.82. The third kappa shape index (κ3) is 3.92. The average molecular weight is 324 g/mol. The van der Waals surface area contributed by atoms with Crippen LogP contribution in [-0.4, -0.2) is 49.0 Å². The van der Waals surface area contributed by atoms with E-state index in [1.165, 1.54) is 0 Å². The molecule has 1 aliphatic rings. The van der Waals surface area contributed by atoms with Crippen LogP contribution < -0.4 is 10.2 Å². The molecule has 0 saturated carbocycles. The molecule has 0 radical (unpaired) electrons. The molecule has 0 unspecified atom stereocenters. The summed E-state index contributed by atoms with van der Waals surface area (Å²) in [7, 11) is 2.14.